The predicted octanol–water partition coefficient (Wildman–Crippen LogP) is 2.17. The Bertz CT molecular complexity index is 288. The Hall–Kier alpha value is -1.26. The second-order valence-electron chi connectivity index (χ2n) is 4.91. The summed E-state index contributed by atoms with van der Waals surface area (Å²) < 4.78 is 0. The third-order valence-electron chi connectivity index (χ3n) is 3.67. The molecule has 0 spiro atoms. The molecule has 18 heavy (non-hydrogen) atoms. The van der Waals surface area contributed by atoms with Gasteiger partial charge in [0.25, 0.3) is 0 Å². The minimum absolute atomic E-state index is 0.0120. The van der Waals surface area contributed by atoms with Crippen molar-refractivity contribution >= 4 is 12.0 Å². The van der Waals surface area contributed by atoms with Crippen LogP contribution in [0.2, 0.25) is 0 Å². The Morgan fingerprint density at radius 3 is 2.33 bits per heavy atom. The molecular weight excluding hydrogens is 232 g/mol. The van der Waals surface area contributed by atoms with Crippen molar-refractivity contribution in [1.82, 2.24) is 9.80 Å². The van der Waals surface area contributed by atoms with E-state index in [-0.39, 0.29) is 12.5 Å². The van der Waals surface area contributed by atoms with E-state index in [9.17, 15) is 9.59 Å². The lowest BCUT2D eigenvalue weighted by molar-refractivity contribution is -0.137. The SMILES string of the molecule is CCN(CCC(=O)O)C(=O)N(C)C1CCCCC1. The standard InChI is InChI=1S/C13H24N2O3/c1-3-15(10-9-12(16)17)13(18)14(2)11-7-5-4-6-8-11/h11H,3-10H2,1-2H3,(H,16,17). The number of hydrogen-bond donors (Lipinski definition) is 1. The molecule has 0 unspecified atom stereocenters. The number of carboxylic acids is 1. The van der Waals surface area contributed by atoms with Crippen LogP contribution < -0.4 is 0 Å². The monoisotopic (exact) mass is 256 g/mol. The van der Waals surface area contributed by atoms with Gasteiger partial charge in [-0.2, -0.15) is 0 Å². The average Bonchev–Trinajstić information content (AvgIpc) is 2.39. The Balaban J connectivity index is 2.50. The number of rotatable bonds is 5. The van der Waals surface area contributed by atoms with Gasteiger partial charge in [0.05, 0.1) is 6.42 Å². The van der Waals surface area contributed by atoms with Crippen LogP contribution in [-0.2, 0) is 4.79 Å². The van der Waals surface area contributed by atoms with Crippen molar-refractivity contribution in [2.45, 2.75) is 51.5 Å². The van der Waals surface area contributed by atoms with E-state index < -0.39 is 5.97 Å². The van der Waals surface area contributed by atoms with Gasteiger partial charge in [0.1, 0.15) is 0 Å². The van der Waals surface area contributed by atoms with Gasteiger partial charge in [0, 0.05) is 26.2 Å². The van der Waals surface area contributed by atoms with Gasteiger partial charge < -0.3 is 14.9 Å². The second-order valence-corrected chi connectivity index (χ2v) is 4.91. The highest BCUT2D eigenvalue weighted by molar-refractivity contribution is 5.75. The van der Waals surface area contributed by atoms with E-state index in [1.165, 1.54) is 19.3 Å². The normalized spacial score (nSPS) is 16.3. The van der Waals surface area contributed by atoms with Crippen molar-refractivity contribution in [1.29, 1.82) is 0 Å². The van der Waals surface area contributed by atoms with Gasteiger partial charge in [-0.1, -0.05) is 19.3 Å². The van der Waals surface area contributed by atoms with Crippen LogP contribution in [0.1, 0.15) is 45.4 Å². The zero-order valence-corrected chi connectivity index (χ0v) is 11.4. The Morgan fingerprint density at radius 2 is 1.83 bits per heavy atom. The quantitative estimate of drug-likeness (QED) is 0.820. The molecule has 1 rings (SSSR count). The Labute approximate surface area is 109 Å². The van der Waals surface area contributed by atoms with Gasteiger partial charge in [-0.3, -0.25) is 4.79 Å². The van der Waals surface area contributed by atoms with E-state index in [1.807, 2.05) is 14.0 Å². The fourth-order valence-electron chi connectivity index (χ4n) is 2.47. The van der Waals surface area contributed by atoms with Crippen molar-refractivity contribution in [2.75, 3.05) is 20.1 Å². The lowest BCUT2D eigenvalue weighted by Gasteiger charge is -2.35. The number of amides is 2. The summed E-state index contributed by atoms with van der Waals surface area (Å²) in [5.74, 6) is -0.860. The molecule has 0 atom stereocenters. The van der Waals surface area contributed by atoms with Crippen LogP contribution in [0.25, 0.3) is 0 Å². The fourth-order valence-corrected chi connectivity index (χ4v) is 2.47. The largest absolute Gasteiger partial charge is 0.481 e. The van der Waals surface area contributed by atoms with Crippen LogP contribution in [0.15, 0.2) is 0 Å². The molecule has 0 bridgehead atoms. The first-order valence-corrected chi connectivity index (χ1v) is 6.79. The molecule has 5 heteroatoms. The van der Waals surface area contributed by atoms with E-state index in [0.29, 0.717) is 19.1 Å². The molecule has 5 nitrogen and oxygen atoms in total. The summed E-state index contributed by atoms with van der Waals surface area (Å²) >= 11 is 0. The van der Waals surface area contributed by atoms with E-state index in [0.717, 1.165) is 12.8 Å². The lowest BCUT2D eigenvalue weighted by atomic mass is 9.95. The maximum atomic E-state index is 12.2. The first-order valence-electron chi connectivity index (χ1n) is 6.79. The zero-order valence-electron chi connectivity index (χ0n) is 11.4. The highest BCUT2D eigenvalue weighted by Gasteiger charge is 2.25. The van der Waals surface area contributed by atoms with E-state index in [4.69, 9.17) is 5.11 Å². The molecule has 1 N–H and O–H groups in total. The van der Waals surface area contributed by atoms with Crippen LogP contribution in [-0.4, -0.2) is 53.1 Å². The smallest absolute Gasteiger partial charge is 0.319 e. The summed E-state index contributed by atoms with van der Waals surface area (Å²) in [4.78, 5) is 26.2. The molecule has 1 saturated carbocycles. The van der Waals surface area contributed by atoms with Crippen LogP contribution in [0, 0.1) is 0 Å². The van der Waals surface area contributed by atoms with Crippen LogP contribution >= 0.6 is 0 Å². The molecule has 0 aromatic rings. The van der Waals surface area contributed by atoms with Gasteiger partial charge in [-0.25, -0.2) is 4.79 Å². The molecule has 0 heterocycles. The number of nitrogens with zero attached hydrogens (tertiary/aromatic N) is 2. The van der Waals surface area contributed by atoms with Gasteiger partial charge in [-0.15, -0.1) is 0 Å². The minimum atomic E-state index is -0.860. The van der Waals surface area contributed by atoms with Crippen LogP contribution in [0.5, 0.6) is 0 Å². The van der Waals surface area contributed by atoms with Gasteiger partial charge >= 0.3 is 12.0 Å². The number of carbonyl (C=O) groups is 2. The van der Waals surface area contributed by atoms with Crippen molar-refractivity contribution in [3.63, 3.8) is 0 Å². The molecule has 104 valence electrons. The van der Waals surface area contributed by atoms with E-state index in [1.54, 1.807) is 9.80 Å². The van der Waals surface area contributed by atoms with Gasteiger partial charge in [-0.05, 0) is 19.8 Å². The molecular formula is C13H24N2O3. The third-order valence-corrected chi connectivity index (χ3v) is 3.67. The summed E-state index contributed by atoms with van der Waals surface area (Å²) in [6.07, 6.45) is 5.78. The highest BCUT2D eigenvalue weighted by atomic mass is 16.4. The summed E-state index contributed by atoms with van der Waals surface area (Å²) in [7, 11) is 1.84. The molecule has 0 saturated heterocycles. The van der Waals surface area contributed by atoms with Crippen molar-refractivity contribution < 1.29 is 14.7 Å². The summed E-state index contributed by atoms with van der Waals surface area (Å²) in [5, 5.41) is 8.68. The summed E-state index contributed by atoms with van der Waals surface area (Å²) in [5.41, 5.74) is 0. The Kier molecular flexibility index (Phi) is 5.95. The Morgan fingerprint density at radius 1 is 1.22 bits per heavy atom. The zero-order chi connectivity index (χ0) is 13.5. The van der Waals surface area contributed by atoms with Crippen molar-refractivity contribution in [2.24, 2.45) is 0 Å². The molecule has 2 amide bonds. The summed E-state index contributed by atoms with van der Waals surface area (Å²) in [6, 6.07) is 0.288. The van der Waals surface area contributed by atoms with Gasteiger partial charge in [0.15, 0.2) is 0 Å². The first-order chi connectivity index (χ1) is 8.56. The van der Waals surface area contributed by atoms with Crippen molar-refractivity contribution in [3.8, 4) is 0 Å². The number of carbonyl (C=O) groups excluding carboxylic acids is 1. The van der Waals surface area contributed by atoms with E-state index >= 15 is 0 Å². The fraction of sp³-hybridized carbons (Fsp3) is 0.846. The number of aliphatic carboxylic acids is 1. The second kappa shape index (κ2) is 7.24. The van der Waals surface area contributed by atoms with E-state index in [2.05, 4.69) is 0 Å². The molecule has 0 aromatic heterocycles. The summed E-state index contributed by atoms with van der Waals surface area (Å²) in [6.45, 7) is 2.74. The molecule has 0 radical (unpaired) electrons. The average molecular weight is 256 g/mol. The maximum absolute atomic E-state index is 12.2. The number of carboxylic acid groups (broad SMARTS) is 1. The van der Waals surface area contributed by atoms with Crippen LogP contribution in [0.4, 0.5) is 4.79 Å². The topological polar surface area (TPSA) is 60.9 Å². The van der Waals surface area contributed by atoms with Crippen LogP contribution in [0.3, 0.4) is 0 Å². The molecule has 0 aliphatic heterocycles. The predicted molar refractivity (Wildman–Crippen MR) is 69.5 cm³/mol. The minimum Gasteiger partial charge on any atom is -0.481 e. The molecule has 1 aliphatic rings. The van der Waals surface area contributed by atoms with Gasteiger partial charge in [0.2, 0.25) is 0 Å². The third kappa shape index (κ3) is 4.20. The lowest BCUT2D eigenvalue weighted by Crippen LogP contribution is -2.47. The maximum Gasteiger partial charge on any atom is 0.319 e. The molecule has 1 fully saturated rings. The first kappa shape index (κ1) is 14.8. The van der Waals surface area contributed by atoms with Crippen molar-refractivity contribution in [3.05, 3.63) is 0 Å². The molecule has 0 aromatic carbocycles. The molecule has 1 aliphatic carbocycles. The highest BCUT2D eigenvalue weighted by Crippen LogP contribution is 2.22. The number of urea groups is 1. The number of hydrogen-bond acceptors (Lipinski definition) is 2.